The summed E-state index contributed by atoms with van der Waals surface area (Å²) in [5, 5.41) is 10.6. The SMILES string of the molecule is O=C(CCc1ccc(S(=O)(=O)N2CCOCC2)cc1)OCC(=O)c1ccc([N+](=O)[O-])cc1. The number of morpholine rings is 1. The first-order chi connectivity index (χ1) is 15.3. The second kappa shape index (κ2) is 10.4. The van der Waals surface area contributed by atoms with Gasteiger partial charge in [0.1, 0.15) is 0 Å². The van der Waals surface area contributed by atoms with Gasteiger partial charge in [0, 0.05) is 37.2 Å². The van der Waals surface area contributed by atoms with Crippen molar-refractivity contribution in [1.82, 2.24) is 4.31 Å². The van der Waals surface area contributed by atoms with E-state index in [4.69, 9.17) is 9.47 Å². The third-order valence-corrected chi connectivity index (χ3v) is 6.83. The first-order valence-electron chi connectivity index (χ1n) is 9.87. The molecule has 0 unspecified atom stereocenters. The van der Waals surface area contributed by atoms with Crippen LogP contribution in [0.25, 0.3) is 0 Å². The summed E-state index contributed by atoms with van der Waals surface area (Å²) in [6, 6.07) is 11.3. The minimum absolute atomic E-state index is 0.0170. The van der Waals surface area contributed by atoms with Crippen LogP contribution in [0.1, 0.15) is 22.3 Å². The number of ether oxygens (including phenoxy) is 2. The molecule has 0 aliphatic carbocycles. The van der Waals surface area contributed by atoms with Crippen LogP contribution in [0.3, 0.4) is 0 Å². The smallest absolute Gasteiger partial charge is 0.306 e. The third kappa shape index (κ3) is 5.96. The standard InChI is InChI=1S/C21H22N2O8S/c24-20(17-4-6-18(7-5-17)23(26)27)15-31-21(25)10-3-16-1-8-19(9-2-16)32(28,29)22-11-13-30-14-12-22/h1-2,4-9H,3,10-15H2. The van der Waals surface area contributed by atoms with Crippen LogP contribution in [-0.2, 0) is 30.7 Å². The lowest BCUT2D eigenvalue weighted by Crippen LogP contribution is -2.40. The monoisotopic (exact) mass is 462 g/mol. The molecule has 0 amide bonds. The zero-order chi connectivity index (χ0) is 23.1. The molecular weight excluding hydrogens is 440 g/mol. The number of nitro benzene ring substituents is 1. The molecule has 3 rings (SSSR count). The maximum Gasteiger partial charge on any atom is 0.306 e. The minimum atomic E-state index is -3.58. The van der Waals surface area contributed by atoms with E-state index in [0.717, 1.165) is 5.56 Å². The Morgan fingerprint density at radius 2 is 1.66 bits per heavy atom. The quantitative estimate of drug-likeness (QED) is 0.239. The number of hydrogen-bond acceptors (Lipinski definition) is 8. The molecule has 1 aliphatic heterocycles. The largest absolute Gasteiger partial charge is 0.457 e. The predicted molar refractivity (Wildman–Crippen MR) is 113 cm³/mol. The highest BCUT2D eigenvalue weighted by Crippen LogP contribution is 2.18. The van der Waals surface area contributed by atoms with E-state index in [9.17, 15) is 28.1 Å². The molecule has 11 heteroatoms. The number of nitrogens with zero attached hydrogens (tertiary/aromatic N) is 2. The molecule has 0 saturated carbocycles. The van der Waals surface area contributed by atoms with Crippen LogP contribution in [0.5, 0.6) is 0 Å². The molecule has 170 valence electrons. The highest BCUT2D eigenvalue weighted by atomic mass is 32.2. The zero-order valence-corrected chi connectivity index (χ0v) is 18.0. The third-order valence-electron chi connectivity index (χ3n) is 4.91. The van der Waals surface area contributed by atoms with Gasteiger partial charge in [0.25, 0.3) is 5.69 Å². The van der Waals surface area contributed by atoms with E-state index in [1.54, 1.807) is 12.1 Å². The summed E-state index contributed by atoms with van der Waals surface area (Å²) in [5.41, 5.74) is 0.826. The molecule has 1 fully saturated rings. The van der Waals surface area contributed by atoms with Gasteiger partial charge in [0.2, 0.25) is 10.0 Å². The summed E-state index contributed by atoms with van der Waals surface area (Å²) >= 11 is 0. The molecule has 2 aromatic carbocycles. The lowest BCUT2D eigenvalue weighted by atomic mass is 10.1. The number of hydrogen-bond donors (Lipinski definition) is 0. The average Bonchev–Trinajstić information content (AvgIpc) is 2.82. The Bertz CT molecular complexity index is 1080. The van der Waals surface area contributed by atoms with Crippen molar-refractivity contribution in [1.29, 1.82) is 0 Å². The van der Waals surface area contributed by atoms with E-state index in [1.807, 2.05) is 0 Å². The maximum absolute atomic E-state index is 12.6. The maximum atomic E-state index is 12.6. The molecule has 32 heavy (non-hydrogen) atoms. The fraction of sp³-hybridized carbons (Fsp3) is 0.333. The van der Waals surface area contributed by atoms with Crippen molar-refractivity contribution in [2.24, 2.45) is 0 Å². The number of carbonyl (C=O) groups is 2. The van der Waals surface area contributed by atoms with Crippen molar-refractivity contribution in [3.05, 3.63) is 69.8 Å². The Labute approximate surface area is 184 Å². The van der Waals surface area contributed by atoms with Crippen LogP contribution in [0.4, 0.5) is 5.69 Å². The van der Waals surface area contributed by atoms with Gasteiger partial charge < -0.3 is 9.47 Å². The van der Waals surface area contributed by atoms with Gasteiger partial charge in [0.05, 0.1) is 23.0 Å². The minimum Gasteiger partial charge on any atom is -0.457 e. The first kappa shape index (κ1) is 23.5. The van der Waals surface area contributed by atoms with E-state index in [2.05, 4.69) is 0 Å². The van der Waals surface area contributed by atoms with E-state index in [-0.39, 0.29) is 22.6 Å². The second-order valence-corrected chi connectivity index (χ2v) is 8.99. The van der Waals surface area contributed by atoms with E-state index in [1.165, 1.54) is 40.7 Å². The molecule has 2 aromatic rings. The zero-order valence-electron chi connectivity index (χ0n) is 17.1. The fourth-order valence-electron chi connectivity index (χ4n) is 3.08. The lowest BCUT2D eigenvalue weighted by molar-refractivity contribution is -0.384. The molecule has 0 radical (unpaired) electrons. The normalized spacial score (nSPS) is 14.6. The molecule has 0 bridgehead atoms. The summed E-state index contributed by atoms with van der Waals surface area (Å²) < 4.78 is 36.8. The van der Waals surface area contributed by atoms with Gasteiger partial charge in [-0.3, -0.25) is 19.7 Å². The lowest BCUT2D eigenvalue weighted by Gasteiger charge is -2.26. The highest BCUT2D eigenvalue weighted by Gasteiger charge is 2.26. The molecule has 0 aromatic heterocycles. The van der Waals surface area contributed by atoms with Gasteiger partial charge in [0.15, 0.2) is 12.4 Å². The fourth-order valence-corrected chi connectivity index (χ4v) is 4.49. The van der Waals surface area contributed by atoms with Gasteiger partial charge in [-0.1, -0.05) is 12.1 Å². The Balaban J connectivity index is 1.47. The topological polar surface area (TPSA) is 133 Å². The number of non-ortho nitro benzene ring substituents is 1. The van der Waals surface area contributed by atoms with Crippen molar-refractivity contribution < 1.29 is 32.4 Å². The Hall–Kier alpha value is -3.15. The summed E-state index contributed by atoms with van der Waals surface area (Å²) in [6.07, 6.45) is 0.339. The first-order valence-corrected chi connectivity index (χ1v) is 11.3. The van der Waals surface area contributed by atoms with Crippen LogP contribution in [0, 0.1) is 10.1 Å². The van der Waals surface area contributed by atoms with Crippen LogP contribution >= 0.6 is 0 Å². The number of sulfonamides is 1. The number of esters is 1. The summed E-state index contributed by atoms with van der Waals surface area (Å²) in [5.74, 6) is -1.05. The van der Waals surface area contributed by atoms with E-state index < -0.39 is 33.3 Å². The number of aryl methyl sites for hydroxylation is 1. The highest BCUT2D eigenvalue weighted by molar-refractivity contribution is 7.89. The number of rotatable bonds is 9. The van der Waals surface area contributed by atoms with Gasteiger partial charge in [-0.15, -0.1) is 0 Å². The number of ketones is 1. The van der Waals surface area contributed by atoms with Crippen molar-refractivity contribution in [2.75, 3.05) is 32.9 Å². The number of carbonyl (C=O) groups excluding carboxylic acids is 2. The number of nitro groups is 1. The van der Waals surface area contributed by atoms with Crippen molar-refractivity contribution in [2.45, 2.75) is 17.7 Å². The van der Waals surface area contributed by atoms with Crippen LogP contribution in [-0.4, -0.2) is 62.3 Å². The number of Topliss-reactive ketones (excluding diaryl/α,β-unsaturated/α-hetero) is 1. The predicted octanol–water partition coefficient (Wildman–Crippen LogP) is 1.97. The van der Waals surface area contributed by atoms with Crippen LogP contribution in [0.2, 0.25) is 0 Å². The molecule has 0 atom stereocenters. The van der Waals surface area contributed by atoms with Gasteiger partial charge in [-0.25, -0.2) is 8.42 Å². The van der Waals surface area contributed by atoms with Gasteiger partial charge >= 0.3 is 5.97 Å². The van der Waals surface area contributed by atoms with E-state index >= 15 is 0 Å². The molecular formula is C21H22N2O8S. The summed E-state index contributed by atoms with van der Waals surface area (Å²) in [7, 11) is -3.58. The Morgan fingerprint density at radius 1 is 1.03 bits per heavy atom. The Kier molecular flexibility index (Phi) is 7.67. The second-order valence-electron chi connectivity index (χ2n) is 7.05. The molecule has 1 saturated heterocycles. The Morgan fingerprint density at radius 3 is 2.25 bits per heavy atom. The van der Waals surface area contributed by atoms with Gasteiger partial charge in [-0.05, 0) is 36.2 Å². The van der Waals surface area contributed by atoms with Crippen molar-refractivity contribution >= 4 is 27.5 Å². The number of benzene rings is 2. The summed E-state index contributed by atoms with van der Waals surface area (Å²) in [4.78, 5) is 34.3. The van der Waals surface area contributed by atoms with Crippen LogP contribution < -0.4 is 0 Å². The molecule has 1 heterocycles. The van der Waals surface area contributed by atoms with Crippen LogP contribution in [0.15, 0.2) is 53.4 Å². The van der Waals surface area contributed by atoms with Crippen molar-refractivity contribution in [3.63, 3.8) is 0 Å². The molecule has 10 nitrogen and oxygen atoms in total. The van der Waals surface area contributed by atoms with Gasteiger partial charge in [-0.2, -0.15) is 4.31 Å². The average molecular weight is 462 g/mol. The molecule has 0 N–H and O–H groups in total. The van der Waals surface area contributed by atoms with E-state index in [0.29, 0.717) is 32.7 Å². The molecule has 0 spiro atoms. The molecule has 1 aliphatic rings. The van der Waals surface area contributed by atoms with Crippen molar-refractivity contribution in [3.8, 4) is 0 Å². The summed E-state index contributed by atoms with van der Waals surface area (Å²) in [6.45, 7) is 0.897.